The molecule has 1 aliphatic rings. The molecule has 1 heterocycles. The van der Waals surface area contributed by atoms with Gasteiger partial charge in [0.25, 0.3) is 0 Å². The summed E-state index contributed by atoms with van der Waals surface area (Å²) in [5.41, 5.74) is 0.0932. The SMILES string of the molecule is O=C(CC1=NCCO1)c1ccccc1F. The molecule has 0 spiro atoms. The fourth-order valence-corrected chi connectivity index (χ4v) is 1.41. The molecule has 0 amide bonds. The van der Waals surface area contributed by atoms with Crippen LogP contribution in [0.4, 0.5) is 4.39 Å². The number of hydrogen-bond donors (Lipinski definition) is 0. The first-order chi connectivity index (χ1) is 7.27. The van der Waals surface area contributed by atoms with E-state index in [0.29, 0.717) is 19.0 Å². The van der Waals surface area contributed by atoms with Gasteiger partial charge in [0.2, 0.25) is 0 Å². The highest BCUT2D eigenvalue weighted by atomic mass is 19.1. The van der Waals surface area contributed by atoms with Crippen LogP contribution < -0.4 is 0 Å². The zero-order valence-corrected chi connectivity index (χ0v) is 8.07. The van der Waals surface area contributed by atoms with E-state index in [0.717, 1.165) is 0 Å². The van der Waals surface area contributed by atoms with E-state index in [1.165, 1.54) is 12.1 Å². The van der Waals surface area contributed by atoms with E-state index in [1.807, 2.05) is 0 Å². The Kier molecular flexibility index (Phi) is 2.76. The van der Waals surface area contributed by atoms with Crippen LogP contribution >= 0.6 is 0 Å². The number of benzene rings is 1. The lowest BCUT2D eigenvalue weighted by molar-refractivity contribution is 0.0991. The molecule has 2 rings (SSSR count). The van der Waals surface area contributed by atoms with Gasteiger partial charge in [-0.2, -0.15) is 0 Å². The molecule has 3 nitrogen and oxygen atoms in total. The number of rotatable bonds is 3. The number of carbonyl (C=O) groups is 1. The van der Waals surface area contributed by atoms with Crippen LogP contribution in [0.3, 0.4) is 0 Å². The molecule has 0 aromatic heterocycles. The molecule has 0 fully saturated rings. The van der Waals surface area contributed by atoms with Crippen molar-refractivity contribution in [2.45, 2.75) is 6.42 Å². The second-order valence-corrected chi connectivity index (χ2v) is 3.20. The third-order valence-electron chi connectivity index (χ3n) is 2.13. The molecule has 4 heteroatoms. The van der Waals surface area contributed by atoms with Gasteiger partial charge < -0.3 is 4.74 Å². The van der Waals surface area contributed by atoms with Crippen molar-refractivity contribution in [1.29, 1.82) is 0 Å². The van der Waals surface area contributed by atoms with E-state index in [4.69, 9.17) is 4.74 Å². The van der Waals surface area contributed by atoms with Gasteiger partial charge in [-0.3, -0.25) is 9.79 Å². The maximum Gasteiger partial charge on any atom is 0.191 e. The van der Waals surface area contributed by atoms with Crippen molar-refractivity contribution >= 4 is 11.7 Å². The van der Waals surface area contributed by atoms with E-state index < -0.39 is 5.82 Å². The summed E-state index contributed by atoms with van der Waals surface area (Å²) in [6.07, 6.45) is 0.0426. The molecule has 0 saturated heterocycles. The molecule has 0 N–H and O–H groups in total. The number of hydrogen-bond acceptors (Lipinski definition) is 3. The zero-order valence-electron chi connectivity index (χ0n) is 8.07. The summed E-state index contributed by atoms with van der Waals surface area (Å²) in [5.74, 6) is -0.391. The molecule has 15 heavy (non-hydrogen) atoms. The number of Topliss-reactive ketones (excluding diaryl/α,β-unsaturated/α-hetero) is 1. The molecule has 1 aliphatic heterocycles. The zero-order chi connectivity index (χ0) is 10.7. The lowest BCUT2D eigenvalue weighted by Crippen LogP contribution is -2.10. The summed E-state index contributed by atoms with van der Waals surface area (Å²) in [4.78, 5) is 15.6. The third kappa shape index (κ3) is 2.21. The van der Waals surface area contributed by atoms with Crippen molar-refractivity contribution in [2.75, 3.05) is 13.2 Å². The lowest BCUT2D eigenvalue weighted by Gasteiger charge is -2.02. The van der Waals surface area contributed by atoms with Gasteiger partial charge in [0.05, 0.1) is 18.5 Å². The van der Waals surface area contributed by atoms with E-state index >= 15 is 0 Å². The Morgan fingerprint density at radius 2 is 2.27 bits per heavy atom. The highest BCUT2D eigenvalue weighted by Gasteiger charge is 2.16. The summed E-state index contributed by atoms with van der Waals surface area (Å²) in [6, 6.07) is 5.92. The van der Waals surface area contributed by atoms with Gasteiger partial charge in [0.15, 0.2) is 11.7 Å². The second kappa shape index (κ2) is 4.21. The molecule has 0 unspecified atom stereocenters. The van der Waals surface area contributed by atoms with Crippen LogP contribution in [0, 0.1) is 5.82 Å². The minimum atomic E-state index is -0.499. The Hall–Kier alpha value is -1.71. The van der Waals surface area contributed by atoms with E-state index in [2.05, 4.69) is 4.99 Å². The van der Waals surface area contributed by atoms with Gasteiger partial charge in [-0.15, -0.1) is 0 Å². The van der Waals surface area contributed by atoms with E-state index in [9.17, 15) is 9.18 Å². The Bertz CT molecular complexity index is 415. The van der Waals surface area contributed by atoms with E-state index in [1.54, 1.807) is 12.1 Å². The first kappa shape index (κ1) is 9.83. The number of halogens is 1. The molecule has 78 valence electrons. The Morgan fingerprint density at radius 1 is 1.47 bits per heavy atom. The second-order valence-electron chi connectivity index (χ2n) is 3.20. The summed E-state index contributed by atoms with van der Waals surface area (Å²) < 4.78 is 18.3. The van der Waals surface area contributed by atoms with Crippen molar-refractivity contribution in [1.82, 2.24) is 0 Å². The van der Waals surface area contributed by atoms with Crippen LogP contribution in [0.2, 0.25) is 0 Å². The smallest absolute Gasteiger partial charge is 0.191 e. The molecule has 1 aromatic carbocycles. The third-order valence-corrected chi connectivity index (χ3v) is 2.13. The van der Waals surface area contributed by atoms with Crippen LogP contribution in [0.1, 0.15) is 16.8 Å². The standard InChI is InChI=1S/C11H10FNO2/c12-9-4-2-1-3-8(9)10(14)7-11-13-5-6-15-11/h1-4H,5-7H2. The predicted molar refractivity (Wildman–Crippen MR) is 53.6 cm³/mol. The normalized spacial score (nSPS) is 14.6. The molecule has 0 bridgehead atoms. The average Bonchev–Trinajstić information content (AvgIpc) is 2.71. The highest BCUT2D eigenvalue weighted by Crippen LogP contribution is 2.11. The van der Waals surface area contributed by atoms with Crippen molar-refractivity contribution < 1.29 is 13.9 Å². The maximum atomic E-state index is 13.2. The summed E-state index contributed by atoms with van der Waals surface area (Å²) >= 11 is 0. The fourth-order valence-electron chi connectivity index (χ4n) is 1.41. The van der Waals surface area contributed by atoms with Crippen LogP contribution in [0.5, 0.6) is 0 Å². The monoisotopic (exact) mass is 207 g/mol. The topological polar surface area (TPSA) is 38.7 Å². The largest absolute Gasteiger partial charge is 0.479 e. The van der Waals surface area contributed by atoms with E-state index in [-0.39, 0.29) is 17.8 Å². The molecule has 0 atom stereocenters. The molecule has 0 saturated carbocycles. The molecule has 1 aromatic rings. The van der Waals surface area contributed by atoms with Gasteiger partial charge in [-0.25, -0.2) is 4.39 Å². The molecular weight excluding hydrogens is 197 g/mol. The Balaban J connectivity index is 2.11. The summed E-state index contributed by atoms with van der Waals surface area (Å²) in [6.45, 7) is 1.10. The molecule has 0 radical (unpaired) electrons. The minimum Gasteiger partial charge on any atom is -0.479 e. The van der Waals surface area contributed by atoms with Crippen LogP contribution in [-0.2, 0) is 4.74 Å². The van der Waals surface area contributed by atoms with Crippen molar-refractivity contribution in [2.24, 2.45) is 4.99 Å². The van der Waals surface area contributed by atoms with Gasteiger partial charge in [0, 0.05) is 0 Å². The average molecular weight is 207 g/mol. The number of aliphatic imine (C=N–C) groups is 1. The fraction of sp³-hybridized carbons (Fsp3) is 0.273. The van der Waals surface area contributed by atoms with Gasteiger partial charge >= 0.3 is 0 Å². The van der Waals surface area contributed by atoms with Crippen molar-refractivity contribution in [3.8, 4) is 0 Å². The predicted octanol–water partition coefficient (Wildman–Crippen LogP) is 1.83. The first-order valence-corrected chi connectivity index (χ1v) is 4.71. The Morgan fingerprint density at radius 3 is 2.93 bits per heavy atom. The maximum absolute atomic E-state index is 13.2. The number of ether oxygens (including phenoxy) is 1. The quantitative estimate of drug-likeness (QED) is 0.709. The minimum absolute atomic E-state index is 0.0426. The number of ketones is 1. The highest BCUT2D eigenvalue weighted by molar-refractivity contribution is 6.07. The van der Waals surface area contributed by atoms with Crippen molar-refractivity contribution in [3.63, 3.8) is 0 Å². The van der Waals surface area contributed by atoms with Crippen molar-refractivity contribution in [3.05, 3.63) is 35.6 Å². The summed E-state index contributed by atoms with van der Waals surface area (Å²) in [5, 5.41) is 0. The first-order valence-electron chi connectivity index (χ1n) is 4.71. The Labute approximate surface area is 86.6 Å². The van der Waals surface area contributed by atoms with Gasteiger partial charge in [-0.1, -0.05) is 12.1 Å². The van der Waals surface area contributed by atoms with Crippen LogP contribution in [-0.4, -0.2) is 24.8 Å². The van der Waals surface area contributed by atoms with Crippen LogP contribution in [0.15, 0.2) is 29.3 Å². The molecule has 0 aliphatic carbocycles. The van der Waals surface area contributed by atoms with Gasteiger partial charge in [0.1, 0.15) is 12.4 Å². The van der Waals surface area contributed by atoms with Gasteiger partial charge in [-0.05, 0) is 12.1 Å². The number of nitrogens with zero attached hydrogens (tertiary/aromatic N) is 1. The van der Waals surface area contributed by atoms with Crippen LogP contribution in [0.25, 0.3) is 0 Å². The lowest BCUT2D eigenvalue weighted by atomic mass is 10.1. The number of carbonyl (C=O) groups excluding carboxylic acids is 1. The molecular formula is C11H10FNO2. The summed E-state index contributed by atoms with van der Waals surface area (Å²) in [7, 11) is 0.